The van der Waals surface area contributed by atoms with Gasteiger partial charge >= 0.3 is 0 Å². The van der Waals surface area contributed by atoms with Crippen LogP contribution in [0.4, 0.5) is 0 Å². The quantitative estimate of drug-likeness (QED) is 0.781. The Morgan fingerprint density at radius 1 is 1.44 bits per heavy atom. The van der Waals surface area contributed by atoms with E-state index < -0.39 is 0 Å². The van der Waals surface area contributed by atoms with Crippen molar-refractivity contribution in [3.8, 4) is 0 Å². The fourth-order valence-corrected chi connectivity index (χ4v) is 2.57. The fourth-order valence-electron chi connectivity index (χ4n) is 2.57. The van der Waals surface area contributed by atoms with E-state index >= 15 is 0 Å². The summed E-state index contributed by atoms with van der Waals surface area (Å²) in [7, 11) is 0. The summed E-state index contributed by atoms with van der Waals surface area (Å²) in [6, 6.07) is 0.524. The van der Waals surface area contributed by atoms with Crippen molar-refractivity contribution in [1.29, 1.82) is 0 Å². The van der Waals surface area contributed by atoms with Crippen LogP contribution in [-0.2, 0) is 0 Å². The lowest BCUT2D eigenvalue weighted by molar-refractivity contribution is 0.0226. The third kappa shape index (κ3) is 2.02. The molecule has 0 saturated carbocycles. The molecule has 2 saturated heterocycles. The highest BCUT2D eigenvalue weighted by molar-refractivity contribution is 5.95. The summed E-state index contributed by atoms with van der Waals surface area (Å²) >= 11 is 0. The Kier molecular flexibility index (Phi) is 3.05. The Labute approximate surface area is 106 Å². The molecule has 3 heterocycles. The van der Waals surface area contributed by atoms with Crippen molar-refractivity contribution in [3.63, 3.8) is 0 Å². The molecule has 0 radical (unpaired) electrons. The summed E-state index contributed by atoms with van der Waals surface area (Å²) in [5.41, 5.74) is 0.591. The third-order valence-corrected chi connectivity index (χ3v) is 3.80. The van der Waals surface area contributed by atoms with Crippen LogP contribution in [-0.4, -0.2) is 66.2 Å². The summed E-state index contributed by atoms with van der Waals surface area (Å²) in [6.45, 7) is 7.68. The second kappa shape index (κ2) is 4.70. The molecule has 2 fully saturated rings. The molecule has 1 aromatic heterocycles. The molecular weight excluding hydrogens is 232 g/mol. The van der Waals surface area contributed by atoms with Crippen molar-refractivity contribution >= 4 is 5.91 Å². The molecule has 0 atom stereocenters. The Morgan fingerprint density at radius 3 is 2.78 bits per heavy atom. The number of carbonyl (C=O) groups is 1. The molecule has 0 unspecified atom stereocenters. The molecule has 3 rings (SSSR count). The van der Waals surface area contributed by atoms with Crippen LogP contribution in [0.1, 0.15) is 16.1 Å². The molecule has 1 amide bonds. The van der Waals surface area contributed by atoms with Crippen molar-refractivity contribution in [2.24, 2.45) is 0 Å². The van der Waals surface area contributed by atoms with E-state index in [4.69, 9.17) is 4.52 Å². The van der Waals surface area contributed by atoms with Gasteiger partial charge in [0.25, 0.3) is 5.91 Å². The molecule has 98 valence electrons. The van der Waals surface area contributed by atoms with Gasteiger partial charge in [-0.2, -0.15) is 0 Å². The van der Waals surface area contributed by atoms with E-state index in [0.29, 0.717) is 17.4 Å². The first-order valence-corrected chi connectivity index (χ1v) is 6.41. The van der Waals surface area contributed by atoms with Crippen LogP contribution in [0.2, 0.25) is 0 Å². The summed E-state index contributed by atoms with van der Waals surface area (Å²) in [4.78, 5) is 16.5. The average molecular weight is 250 g/mol. The topological polar surface area (TPSA) is 61.6 Å². The van der Waals surface area contributed by atoms with E-state index in [1.165, 1.54) is 6.20 Å². The van der Waals surface area contributed by atoms with Crippen molar-refractivity contribution in [2.75, 3.05) is 39.3 Å². The van der Waals surface area contributed by atoms with Gasteiger partial charge in [-0.25, -0.2) is 0 Å². The van der Waals surface area contributed by atoms with Gasteiger partial charge in [0, 0.05) is 45.3 Å². The molecule has 0 spiro atoms. The summed E-state index contributed by atoms with van der Waals surface area (Å²) in [5, 5.41) is 6.99. The van der Waals surface area contributed by atoms with Gasteiger partial charge in [0.2, 0.25) is 0 Å². The van der Waals surface area contributed by atoms with Gasteiger partial charge in [0.15, 0.2) is 0 Å². The number of aryl methyl sites for hydroxylation is 1. The number of carbonyl (C=O) groups excluding carboxylic acids is 1. The molecule has 18 heavy (non-hydrogen) atoms. The van der Waals surface area contributed by atoms with E-state index in [-0.39, 0.29) is 5.91 Å². The SMILES string of the molecule is Cc1oncc1C(=O)N1CC(N2CCNCC2)C1. The average Bonchev–Trinajstić information content (AvgIpc) is 2.75. The zero-order valence-electron chi connectivity index (χ0n) is 10.6. The summed E-state index contributed by atoms with van der Waals surface area (Å²) in [5.74, 6) is 0.644. The van der Waals surface area contributed by atoms with Gasteiger partial charge in [-0.1, -0.05) is 5.16 Å². The van der Waals surface area contributed by atoms with Crippen molar-refractivity contribution in [1.82, 2.24) is 20.3 Å². The Hall–Kier alpha value is -1.40. The first kappa shape index (κ1) is 11.7. The molecule has 6 nitrogen and oxygen atoms in total. The number of nitrogens with zero attached hydrogens (tertiary/aromatic N) is 3. The molecule has 2 aliphatic heterocycles. The standard InChI is InChI=1S/C12H18N4O2/c1-9-11(6-14-18-9)12(17)16-7-10(8-16)15-4-2-13-3-5-15/h6,10,13H,2-5,7-8H2,1H3. The number of amides is 1. The maximum Gasteiger partial charge on any atom is 0.259 e. The second-order valence-electron chi connectivity index (χ2n) is 4.95. The molecule has 0 aliphatic carbocycles. The van der Waals surface area contributed by atoms with Crippen LogP contribution in [0.5, 0.6) is 0 Å². The first-order valence-electron chi connectivity index (χ1n) is 6.41. The number of nitrogens with one attached hydrogen (secondary N) is 1. The van der Waals surface area contributed by atoms with Crippen LogP contribution >= 0.6 is 0 Å². The van der Waals surface area contributed by atoms with Crippen LogP contribution in [0, 0.1) is 6.92 Å². The number of likely N-dealkylation sites (tertiary alicyclic amines) is 1. The van der Waals surface area contributed by atoms with E-state index in [9.17, 15) is 4.79 Å². The minimum absolute atomic E-state index is 0.0418. The lowest BCUT2D eigenvalue weighted by Crippen LogP contribution is -2.63. The van der Waals surface area contributed by atoms with Crippen molar-refractivity contribution < 1.29 is 9.32 Å². The summed E-state index contributed by atoms with van der Waals surface area (Å²) in [6.07, 6.45) is 1.51. The van der Waals surface area contributed by atoms with Crippen LogP contribution in [0.3, 0.4) is 0 Å². The Morgan fingerprint density at radius 2 is 2.17 bits per heavy atom. The van der Waals surface area contributed by atoms with E-state index in [2.05, 4.69) is 15.4 Å². The number of hydrogen-bond donors (Lipinski definition) is 1. The third-order valence-electron chi connectivity index (χ3n) is 3.80. The predicted molar refractivity (Wildman–Crippen MR) is 65.4 cm³/mol. The Bertz CT molecular complexity index is 433. The highest BCUT2D eigenvalue weighted by Gasteiger charge is 2.36. The zero-order chi connectivity index (χ0) is 12.5. The first-order chi connectivity index (χ1) is 8.75. The zero-order valence-corrected chi connectivity index (χ0v) is 10.6. The number of rotatable bonds is 2. The molecular formula is C12H18N4O2. The highest BCUT2D eigenvalue weighted by atomic mass is 16.5. The molecule has 0 aromatic carbocycles. The van der Waals surface area contributed by atoms with E-state index in [0.717, 1.165) is 39.3 Å². The molecule has 1 aromatic rings. The smallest absolute Gasteiger partial charge is 0.259 e. The molecule has 6 heteroatoms. The number of hydrogen-bond acceptors (Lipinski definition) is 5. The van der Waals surface area contributed by atoms with Gasteiger partial charge in [0.1, 0.15) is 11.3 Å². The minimum Gasteiger partial charge on any atom is -0.361 e. The van der Waals surface area contributed by atoms with Gasteiger partial charge in [-0.05, 0) is 6.92 Å². The predicted octanol–water partition coefficient (Wildman–Crippen LogP) is -0.287. The maximum absolute atomic E-state index is 12.1. The van der Waals surface area contributed by atoms with Gasteiger partial charge in [-0.3, -0.25) is 9.69 Å². The largest absolute Gasteiger partial charge is 0.361 e. The number of piperazine rings is 1. The minimum atomic E-state index is 0.0418. The molecule has 0 bridgehead atoms. The van der Waals surface area contributed by atoms with Crippen molar-refractivity contribution in [3.05, 3.63) is 17.5 Å². The molecule has 1 N–H and O–H groups in total. The molecule has 2 aliphatic rings. The normalized spacial score (nSPS) is 21.9. The Balaban J connectivity index is 1.55. The van der Waals surface area contributed by atoms with Gasteiger partial charge in [-0.15, -0.1) is 0 Å². The van der Waals surface area contributed by atoms with Crippen molar-refractivity contribution in [2.45, 2.75) is 13.0 Å². The highest BCUT2D eigenvalue weighted by Crippen LogP contribution is 2.19. The van der Waals surface area contributed by atoms with E-state index in [1.54, 1.807) is 6.92 Å². The summed E-state index contributed by atoms with van der Waals surface area (Å²) < 4.78 is 4.93. The number of aromatic nitrogens is 1. The fraction of sp³-hybridized carbons (Fsp3) is 0.667. The second-order valence-corrected chi connectivity index (χ2v) is 4.95. The van der Waals surface area contributed by atoms with Crippen LogP contribution < -0.4 is 5.32 Å². The monoisotopic (exact) mass is 250 g/mol. The lowest BCUT2D eigenvalue weighted by atomic mass is 10.0. The lowest BCUT2D eigenvalue weighted by Gasteiger charge is -2.46. The maximum atomic E-state index is 12.1. The van der Waals surface area contributed by atoms with Crippen LogP contribution in [0.15, 0.2) is 10.7 Å². The van der Waals surface area contributed by atoms with Gasteiger partial charge < -0.3 is 14.7 Å². The van der Waals surface area contributed by atoms with E-state index in [1.807, 2.05) is 4.90 Å². The van der Waals surface area contributed by atoms with Gasteiger partial charge in [0.05, 0.1) is 6.20 Å². The van der Waals surface area contributed by atoms with Crippen LogP contribution in [0.25, 0.3) is 0 Å².